The Labute approximate surface area is 410 Å². The fourth-order valence-electron chi connectivity index (χ4n) is 12.6. The van der Waals surface area contributed by atoms with Gasteiger partial charge in [0.1, 0.15) is 0 Å². The Balaban J connectivity index is 1.17. The van der Waals surface area contributed by atoms with Gasteiger partial charge in [-0.1, -0.05) is 193 Å². The predicted octanol–water partition coefficient (Wildman–Crippen LogP) is 16.6. The Morgan fingerprint density at radius 2 is 0.914 bits per heavy atom. The Morgan fingerprint density at radius 1 is 0.400 bits per heavy atom. The Hall–Kier alpha value is -7.88. The van der Waals surface area contributed by atoms with Gasteiger partial charge in [0.15, 0.2) is 0 Å². The van der Waals surface area contributed by atoms with Gasteiger partial charge in [0.05, 0.1) is 0 Å². The van der Waals surface area contributed by atoms with Crippen LogP contribution >= 0.6 is 0 Å². The molecular weight excluding hydrogens is 844 g/mol. The zero-order chi connectivity index (χ0) is 47.2. The molecule has 0 radical (unpaired) electrons. The van der Waals surface area contributed by atoms with Crippen molar-refractivity contribution in [2.24, 2.45) is 0 Å². The van der Waals surface area contributed by atoms with Gasteiger partial charge >= 0.3 is 6.85 Å². The summed E-state index contributed by atoms with van der Waals surface area (Å²) < 4.78 is 2.72. The molecular formula is C67H53BN2. The van der Waals surface area contributed by atoms with Crippen molar-refractivity contribution >= 4 is 99.7 Å². The Morgan fingerprint density at radius 3 is 1.50 bits per heavy atom. The van der Waals surface area contributed by atoms with Crippen LogP contribution in [-0.2, 0) is 10.8 Å². The third kappa shape index (κ3) is 6.00. The van der Waals surface area contributed by atoms with Crippen molar-refractivity contribution in [2.45, 2.75) is 58.3 Å². The van der Waals surface area contributed by atoms with E-state index in [1.54, 1.807) is 0 Å². The molecule has 11 aromatic carbocycles. The van der Waals surface area contributed by atoms with E-state index in [-0.39, 0.29) is 23.6 Å². The van der Waals surface area contributed by atoms with E-state index < -0.39 is 0 Å². The highest BCUT2D eigenvalue weighted by Gasteiger charge is 2.44. The number of hydrogen-bond donors (Lipinski definition) is 0. The predicted molar refractivity (Wildman–Crippen MR) is 301 cm³/mol. The van der Waals surface area contributed by atoms with Gasteiger partial charge in [0.2, 0.25) is 0 Å². The molecule has 1 atom stereocenters. The Kier molecular flexibility index (Phi) is 8.70. The minimum atomic E-state index is -0.0640. The van der Waals surface area contributed by atoms with E-state index in [0.29, 0.717) is 0 Å². The average molecular weight is 897 g/mol. The number of benzene rings is 11. The van der Waals surface area contributed by atoms with E-state index in [1.807, 2.05) is 0 Å². The lowest BCUT2D eigenvalue weighted by Crippen LogP contribution is -2.57. The molecule has 0 N–H and O–H groups in total. The lowest BCUT2D eigenvalue weighted by Gasteiger charge is -2.40. The quantitative estimate of drug-likeness (QED) is 0.0971. The summed E-state index contributed by atoms with van der Waals surface area (Å²) in [5, 5.41) is 12.9. The van der Waals surface area contributed by atoms with Crippen molar-refractivity contribution in [1.29, 1.82) is 0 Å². The first-order chi connectivity index (χ1) is 34.0. The molecule has 14 rings (SSSR count). The molecule has 334 valence electrons. The molecule has 0 spiro atoms. The summed E-state index contributed by atoms with van der Waals surface area (Å²) in [6, 6.07) is 78.8. The van der Waals surface area contributed by atoms with Crippen molar-refractivity contribution in [3.05, 3.63) is 234 Å². The monoisotopic (exact) mass is 896 g/mol. The van der Waals surface area contributed by atoms with Gasteiger partial charge < -0.3 is 9.38 Å². The van der Waals surface area contributed by atoms with E-state index >= 15 is 0 Å². The fraction of sp³-hybridized carbons (Fsp3) is 0.134. The van der Waals surface area contributed by atoms with Crippen LogP contribution in [0.4, 0.5) is 17.1 Å². The second-order valence-corrected chi connectivity index (χ2v) is 22.1. The third-order valence-electron chi connectivity index (χ3n) is 15.9. The minimum absolute atomic E-state index is 0.0601. The van der Waals surface area contributed by atoms with Crippen LogP contribution < -0.4 is 15.8 Å². The molecule has 0 bridgehead atoms. The van der Waals surface area contributed by atoms with Crippen molar-refractivity contribution in [2.75, 3.05) is 4.90 Å². The van der Waals surface area contributed by atoms with Crippen LogP contribution in [0, 0.1) is 0 Å². The van der Waals surface area contributed by atoms with Crippen LogP contribution in [0.5, 0.6) is 0 Å². The molecule has 1 unspecified atom stereocenters. The summed E-state index contributed by atoms with van der Waals surface area (Å²) in [5.41, 5.74) is 18.1. The molecule has 0 fully saturated rings. The normalized spacial score (nSPS) is 14.3. The highest BCUT2D eigenvalue weighted by Crippen LogP contribution is 2.49. The second-order valence-electron chi connectivity index (χ2n) is 22.1. The van der Waals surface area contributed by atoms with Gasteiger partial charge in [-0.3, -0.25) is 0 Å². The summed E-state index contributed by atoms with van der Waals surface area (Å²) in [5.74, 6) is -0.0622. The molecule has 3 heteroatoms. The number of rotatable bonds is 4. The topological polar surface area (TPSA) is 8.17 Å². The van der Waals surface area contributed by atoms with Crippen LogP contribution in [0.3, 0.4) is 0 Å². The maximum Gasteiger partial charge on any atom is 0.329 e. The number of para-hydroxylation sites is 4. The standard InChI is InChI=1S/C67H53BN2/c1-66(2,3)44-32-43(33-45(38-44)67(4,5)6)63-59-36-41-34-56-51-26-15-13-24-49(51)50-25-14-16-27-52(50)57(56)35-42(41)37-61(59)68-64-58(55-30-19-29-54-53-28-17-18-31-62(53)70(68)65(54)55)39-48(40-60(63)64)69(46-20-9-7-10-21-46)47-22-11-8-12-23-47/h7-40,63H,1-6H3. The summed E-state index contributed by atoms with van der Waals surface area (Å²) in [7, 11) is 0. The number of nitrogens with zero attached hydrogens (tertiary/aromatic N) is 2. The van der Waals surface area contributed by atoms with Crippen molar-refractivity contribution < 1.29 is 0 Å². The molecule has 12 aromatic rings. The minimum Gasteiger partial charge on any atom is -0.375 e. The number of hydrogen-bond acceptors (Lipinski definition) is 1. The molecule has 2 nitrogen and oxygen atoms in total. The van der Waals surface area contributed by atoms with Crippen LogP contribution in [0.1, 0.15) is 75.3 Å². The number of aromatic nitrogens is 1. The molecule has 2 aliphatic heterocycles. The summed E-state index contributed by atoms with van der Waals surface area (Å²) >= 11 is 0. The molecule has 0 amide bonds. The summed E-state index contributed by atoms with van der Waals surface area (Å²) in [6.07, 6.45) is 0. The molecule has 2 aliphatic rings. The van der Waals surface area contributed by atoms with Crippen LogP contribution in [-0.4, -0.2) is 11.3 Å². The summed E-state index contributed by atoms with van der Waals surface area (Å²) in [4.78, 5) is 2.47. The van der Waals surface area contributed by atoms with Gasteiger partial charge in [-0.05, 0) is 153 Å². The molecule has 3 heterocycles. The largest absolute Gasteiger partial charge is 0.375 e. The van der Waals surface area contributed by atoms with E-state index in [4.69, 9.17) is 0 Å². The first-order valence-corrected chi connectivity index (χ1v) is 25.1. The lowest BCUT2D eigenvalue weighted by atomic mass is 9.41. The van der Waals surface area contributed by atoms with Crippen LogP contribution in [0.2, 0.25) is 0 Å². The van der Waals surface area contributed by atoms with Gasteiger partial charge in [-0.2, -0.15) is 0 Å². The first-order valence-electron chi connectivity index (χ1n) is 25.1. The molecule has 0 aliphatic carbocycles. The van der Waals surface area contributed by atoms with Crippen molar-refractivity contribution in [3.8, 4) is 11.1 Å². The van der Waals surface area contributed by atoms with E-state index in [1.165, 1.54) is 115 Å². The van der Waals surface area contributed by atoms with E-state index in [0.717, 1.165) is 17.1 Å². The average Bonchev–Trinajstić information content (AvgIpc) is 3.71. The first kappa shape index (κ1) is 41.1. The SMILES string of the molecule is CC(C)(C)c1cc(C2c3cc4cc5c6ccccc6c6ccccc6c5cc4cc3B3c4c(cc(N(c5ccccc5)c5ccccc5)cc42)-c2cccc4c5ccccc5n3c24)cc(C(C)(C)C)c1. The lowest BCUT2D eigenvalue weighted by molar-refractivity contribution is 0.566. The molecule has 0 saturated carbocycles. The van der Waals surface area contributed by atoms with Gasteiger partial charge in [0, 0.05) is 50.3 Å². The molecule has 0 saturated heterocycles. The van der Waals surface area contributed by atoms with Crippen LogP contribution in [0.15, 0.2) is 206 Å². The third-order valence-corrected chi connectivity index (χ3v) is 15.9. The van der Waals surface area contributed by atoms with Gasteiger partial charge in [-0.25, -0.2) is 0 Å². The Bertz CT molecular complexity index is 4080. The van der Waals surface area contributed by atoms with E-state index in [2.05, 4.69) is 257 Å². The van der Waals surface area contributed by atoms with Crippen molar-refractivity contribution in [1.82, 2.24) is 4.48 Å². The fourth-order valence-corrected chi connectivity index (χ4v) is 12.6. The molecule has 1 aromatic heterocycles. The maximum atomic E-state index is 2.72. The molecule has 70 heavy (non-hydrogen) atoms. The second kappa shape index (κ2) is 14.8. The highest BCUT2D eigenvalue weighted by atomic mass is 15.1. The zero-order valence-corrected chi connectivity index (χ0v) is 40.7. The smallest absolute Gasteiger partial charge is 0.329 e. The van der Waals surface area contributed by atoms with Gasteiger partial charge in [0.25, 0.3) is 0 Å². The van der Waals surface area contributed by atoms with Gasteiger partial charge in [-0.15, -0.1) is 0 Å². The number of anilines is 3. The van der Waals surface area contributed by atoms with E-state index in [9.17, 15) is 0 Å². The summed E-state index contributed by atoms with van der Waals surface area (Å²) in [6.45, 7) is 14.2. The highest BCUT2D eigenvalue weighted by molar-refractivity contribution is 6.88. The zero-order valence-electron chi connectivity index (χ0n) is 40.7. The van der Waals surface area contributed by atoms with Crippen LogP contribution in [0.25, 0.3) is 76.0 Å². The maximum absolute atomic E-state index is 2.72. The van der Waals surface area contributed by atoms with Crippen molar-refractivity contribution in [3.63, 3.8) is 0 Å². The number of fused-ring (bicyclic) bond motifs is 14.